The zero-order valence-corrected chi connectivity index (χ0v) is 10.6. The van der Waals surface area contributed by atoms with E-state index in [-0.39, 0.29) is 0 Å². The maximum atomic E-state index is 5.30. The minimum Gasteiger partial charge on any atom is -0.496 e. The Labute approximate surface area is 106 Å². The van der Waals surface area contributed by atoms with Crippen molar-refractivity contribution >= 4 is 0 Å². The van der Waals surface area contributed by atoms with Crippen LogP contribution in [-0.2, 0) is 13.0 Å². The van der Waals surface area contributed by atoms with Gasteiger partial charge in [-0.3, -0.25) is 0 Å². The third-order valence-corrected chi connectivity index (χ3v) is 2.61. The van der Waals surface area contributed by atoms with E-state index in [0.29, 0.717) is 18.3 Å². The van der Waals surface area contributed by atoms with E-state index < -0.39 is 0 Å². The standard InChI is InChI=1S/C13H17N3O2/c1-10-15-16-13(18-10)9-14-8-7-11-5-3-4-6-12(11)17-2/h3-6,14H,7-9H2,1-2H3. The molecule has 0 bridgehead atoms. The molecule has 2 aromatic rings. The fourth-order valence-electron chi connectivity index (χ4n) is 1.74. The average Bonchev–Trinajstić information content (AvgIpc) is 2.81. The van der Waals surface area contributed by atoms with Gasteiger partial charge in [0.1, 0.15) is 5.75 Å². The van der Waals surface area contributed by atoms with E-state index in [0.717, 1.165) is 18.7 Å². The second kappa shape index (κ2) is 6.16. The summed E-state index contributed by atoms with van der Waals surface area (Å²) in [7, 11) is 1.69. The molecular weight excluding hydrogens is 230 g/mol. The Morgan fingerprint density at radius 3 is 2.83 bits per heavy atom. The first kappa shape index (κ1) is 12.6. The molecule has 1 N–H and O–H groups in total. The highest BCUT2D eigenvalue weighted by molar-refractivity contribution is 5.33. The molecule has 1 heterocycles. The van der Waals surface area contributed by atoms with Gasteiger partial charge in [0.15, 0.2) is 0 Å². The van der Waals surface area contributed by atoms with Crippen molar-refractivity contribution in [1.29, 1.82) is 0 Å². The first-order chi connectivity index (χ1) is 8.79. The van der Waals surface area contributed by atoms with Crippen LogP contribution in [0.4, 0.5) is 0 Å². The number of ether oxygens (including phenoxy) is 1. The Kier molecular flexibility index (Phi) is 4.30. The van der Waals surface area contributed by atoms with E-state index >= 15 is 0 Å². The van der Waals surface area contributed by atoms with Crippen LogP contribution in [0.25, 0.3) is 0 Å². The van der Waals surface area contributed by atoms with Gasteiger partial charge in [-0.1, -0.05) is 18.2 Å². The largest absolute Gasteiger partial charge is 0.496 e. The van der Waals surface area contributed by atoms with E-state index in [1.807, 2.05) is 18.2 Å². The summed E-state index contributed by atoms with van der Waals surface area (Å²) in [6.45, 7) is 3.21. The molecular formula is C13H17N3O2. The van der Waals surface area contributed by atoms with Crippen molar-refractivity contribution in [3.63, 3.8) is 0 Å². The smallest absolute Gasteiger partial charge is 0.230 e. The fourth-order valence-corrected chi connectivity index (χ4v) is 1.74. The number of para-hydroxylation sites is 1. The summed E-state index contributed by atoms with van der Waals surface area (Å²) in [4.78, 5) is 0. The Balaban J connectivity index is 1.78. The van der Waals surface area contributed by atoms with Crippen molar-refractivity contribution < 1.29 is 9.15 Å². The van der Waals surface area contributed by atoms with Gasteiger partial charge in [-0.25, -0.2) is 0 Å². The number of aryl methyl sites for hydroxylation is 1. The molecule has 96 valence electrons. The number of benzene rings is 1. The van der Waals surface area contributed by atoms with Crippen molar-refractivity contribution in [1.82, 2.24) is 15.5 Å². The number of nitrogens with one attached hydrogen (secondary N) is 1. The second-order valence-electron chi connectivity index (χ2n) is 3.95. The Morgan fingerprint density at radius 1 is 1.28 bits per heavy atom. The minimum absolute atomic E-state index is 0.593. The number of hydrogen-bond donors (Lipinski definition) is 1. The summed E-state index contributed by atoms with van der Waals surface area (Å²) in [6, 6.07) is 8.02. The summed E-state index contributed by atoms with van der Waals surface area (Å²) < 4.78 is 10.6. The van der Waals surface area contributed by atoms with Gasteiger partial charge in [0.25, 0.3) is 0 Å². The summed E-state index contributed by atoms with van der Waals surface area (Å²) in [5.74, 6) is 2.14. The third-order valence-electron chi connectivity index (χ3n) is 2.61. The van der Waals surface area contributed by atoms with Crippen LogP contribution in [0.3, 0.4) is 0 Å². The molecule has 1 aromatic carbocycles. The van der Waals surface area contributed by atoms with Crippen molar-refractivity contribution in [3.05, 3.63) is 41.6 Å². The second-order valence-corrected chi connectivity index (χ2v) is 3.95. The molecule has 5 nitrogen and oxygen atoms in total. The Hall–Kier alpha value is -1.88. The number of aromatic nitrogens is 2. The molecule has 0 unspecified atom stereocenters. The van der Waals surface area contributed by atoms with Crippen LogP contribution in [0.5, 0.6) is 5.75 Å². The van der Waals surface area contributed by atoms with Gasteiger partial charge in [-0.2, -0.15) is 0 Å². The van der Waals surface area contributed by atoms with Gasteiger partial charge in [-0.05, 0) is 24.6 Å². The first-order valence-electron chi connectivity index (χ1n) is 5.91. The first-order valence-corrected chi connectivity index (χ1v) is 5.91. The minimum atomic E-state index is 0.593. The number of methoxy groups -OCH3 is 1. The predicted molar refractivity (Wildman–Crippen MR) is 67.4 cm³/mol. The molecule has 5 heteroatoms. The molecule has 1 aromatic heterocycles. The Bertz CT molecular complexity index is 496. The summed E-state index contributed by atoms with van der Waals surface area (Å²) in [5, 5.41) is 11.0. The molecule has 0 saturated carbocycles. The molecule has 0 amide bonds. The van der Waals surface area contributed by atoms with Crippen LogP contribution < -0.4 is 10.1 Å². The molecule has 0 aliphatic heterocycles. The predicted octanol–water partition coefficient (Wildman–Crippen LogP) is 1.72. The molecule has 0 fully saturated rings. The monoisotopic (exact) mass is 247 g/mol. The normalized spacial score (nSPS) is 10.6. The van der Waals surface area contributed by atoms with Crippen LogP contribution in [0.1, 0.15) is 17.3 Å². The molecule has 0 aliphatic carbocycles. The Morgan fingerprint density at radius 2 is 2.11 bits per heavy atom. The van der Waals surface area contributed by atoms with Gasteiger partial charge >= 0.3 is 0 Å². The van der Waals surface area contributed by atoms with E-state index in [1.54, 1.807) is 14.0 Å². The van der Waals surface area contributed by atoms with E-state index in [1.165, 1.54) is 5.56 Å². The third kappa shape index (κ3) is 3.30. The fraction of sp³-hybridized carbons (Fsp3) is 0.385. The molecule has 0 atom stereocenters. The molecule has 18 heavy (non-hydrogen) atoms. The molecule has 0 spiro atoms. The quantitative estimate of drug-likeness (QED) is 0.787. The SMILES string of the molecule is COc1ccccc1CCNCc1nnc(C)o1. The zero-order valence-electron chi connectivity index (χ0n) is 10.6. The van der Waals surface area contributed by atoms with Crippen LogP contribution in [0.15, 0.2) is 28.7 Å². The van der Waals surface area contributed by atoms with Crippen molar-refractivity contribution in [2.24, 2.45) is 0 Å². The highest BCUT2D eigenvalue weighted by Gasteiger charge is 2.03. The van der Waals surface area contributed by atoms with Crippen LogP contribution in [0, 0.1) is 6.92 Å². The van der Waals surface area contributed by atoms with E-state index in [9.17, 15) is 0 Å². The lowest BCUT2D eigenvalue weighted by atomic mass is 10.1. The van der Waals surface area contributed by atoms with Gasteiger partial charge in [-0.15, -0.1) is 10.2 Å². The maximum absolute atomic E-state index is 5.30. The van der Waals surface area contributed by atoms with Crippen LogP contribution in [0.2, 0.25) is 0 Å². The number of rotatable bonds is 6. The van der Waals surface area contributed by atoms with E-state index in [2.05, 4.69) is 21.6 Å². The van der Waals surface area contributed by atoms with Crippen molar-refractivity contribution in [3.8, 4) is 5.75 Å². The lowest BCUT2D eigenvalue weighted by molar-refractivity contribution is 0.408. The van der Waals surface area contributed by atoms with Gasteiger partial charge in [0.2, 0.25) is 11.8 Å². The van der Waals surface area contributed by atoms with Gasteiger partial charge in [0, 0.05) is 6.92 Å². The molecule has 0 saturated heterocycles. The highest BCUT2D eigenvalue weighted by atomic mass is 16.5. The molecule has 0 radical (unpaired) electrons. The van der Waals surface area contributed by atoms with Crippen molar-refractivity contribution in [2.75, 3.05) is 13.7 Å². The molecule has 0 aliphatic rings. The highest BCUT2D eigenvalue weighted by Crippen LogP contribution is 2.17. The number of nitrogens with zero attached hydrogens (tertiary/aromatic N) is 2. The molecule has 2 rings (SSSR count). The summed E-state index contributed by atoms with van der Waals surface area (Å²) >= 11 is 0. The number of hydrogen-bond acceptors (Lipinski definition) is 5. The van der Waals surface area contributed by atoms with Crippen LogP contribution in [-0.4, -0.2) is 23.9 Å². The topological polar surface area (TPSA) is 60.2 Å². The maximum Gasteiger partial charge on any atom is 0.230 e. The van der Waals surface area contributed by atoms with Crippen molar-refractivity contribution in [2.45, 2.75) is 19.9 Å². The average molecular weight is 247 g/mol. The summed E-state index contributed by atoms with van der Waals surface area (Å²) in [5.41, 5.74) is 1.19. The summed E-state index contributed by atoms with van der Waals surface area (Å²) in [6.07, 6.45) is 0.900. The van der Waals surface area contributed by atoms with Gasteiger partial charge in [0.05, 0.1) is 13.7 Å². The lowest BCUT2D eigenvalue weighted by Gasteiger charge is -2.07. The van der Waals surface area contributed by atoms with Gasteiger partial charge < -0.3 is 14.5 Å². The van der Waals surface area contributed by atoms with Crippen LogP contribution >= 0.6 is 0 Å². The van der Waals surface area contributed by atoms with E-state index in [4.69, 9.17) is 9.15 Å². The zero-order chi connectivity index (χ0) is 12.8. The lowest BCUT2D eigenvalue weighted by Crippen LogP contribution is -2.17.